The van der Waals surface area contributed by atoms with Crippen LogP contribution < -0.4 is 0 Å². The molecule has 0 heterocycles. The zero-order chi connectivity index (χ0) is 16.7. The van der Waals surface area contributed by atoms with Crippen molar-refractivity contribution in [1.82, 2.24) is 0 Å². The Hall–Kier alpha value is -1.62. The molecule has 0 aromatic heterocycles. The second-order valence-electron chi connectivity index (χ2n) is 6.80. The maximum absolute atomic E-state index is 11.3. The summed E-state index contributed by atoms with van der Waals surface area (Å²) < 4.78 is 5.39. The lowest BCUT2D eigenvalue weighted by molar-refractivity contribution is -0.148. The van der Waals surface area contributed by atoms with Gasteiger partial charge in [0.2, 0.25) is 0 Å². The molecule has 5 atom stereocenters. The summed E-state index contributed by atoms with van der Waals surface area (Å²) in [6.07, 6.45) is 1.81. The molecule has 0 aromatic rings. The zero-order valence-corrected chi connectivity index (χ0v) is 13.2. The summed E-state index contributed by atoms with van der Waals surface area (Å²) >= 11 is 0. The molecule has 2 saturated carbocycles. The van der Waals surface area contributed by atoms with Gasteiger partial charge in [0.15, 0.2) is 0 Å². The molecule has 22 heavy (non-hydrogen) atoms. The van der Waals surface area contributed by atoms with Crippen LogP contribution in [0.2, 0.25) is 0 Å². The minimum absolute atomic E-state index is 0.120. The van der Waals surface area contributed by atoms with Gasteiger partial charge in [-0.3, -0.25) is 4.79 Å². The van der Waals surface area contributed by atoms with Gasteiger partial charge in [0.25, 0.3) is 0 Å². The fourth-order valence-corrected chi connectivity index (χ4v) is 4.05. The fourth-order valence-electron chi connectivity index (χ4n) is 4.05. The third kappa shape index (κ3) is 3.09. The lowest BCUT2D eigenvalue weighted by Gasteiger charge is -2.30. The first-order valence-electron chi connectivity index (χ1n) is 7.63. The van der Waals surface area contributed by atoms with Crippen molar-refractivity contribution in [2.75, 3.05) is 0 Å². The maximum atomic E-state index is 11.3. The highest BCUT2D eigenvalue weighted by atomic mass is 16.5. The summed E-state index contributed by atoms with van der Waals surface area (Å²) in [5, 5.41) is 19.9. The highest BCUT2D eigenvalue weighted by Gasteiger charge is 2.53. The van der Waals surface area contributed by atoms with Crippen LogP contribution >= 0.6 is 0 Å². The van der Waals surface area contributed by atoms with Gasteiger partial charge in [0.1, 0.15) is 6.10 Å². The van der Waals surface area contributed by atoms with Crippen molar-refractivity contribution in [3.63, 3.8) is 0 Å². The van der Waals surface area contributed by atoms with Gasteiger partial charge < -0.3 is 14.9 Å². The van der Waals surface area contributed by atoms with Crippen LogP contribution in [0.25, 0.3) is 0 Å². The number of hydrogen-bond acceptors (Lipinski definition) is 4. The summed E-state index contributed by atoms with van der Waals surface area (Å²) in [6, 6.07) is 0. The van der Waals surface area contributed by atoms with Crippen LogP contribution in [0.4, 0.5) is 0 Å². The van der Waals surface area contributed by atoms with Crippen LogP contribution in [0.5, 0.6) is 0 Å². The summed E-state index contributed by atoms with van der Waals surface area (Å²) in [7, 11) is 0. The van der Waals surface area contributed by atoms with Crippen molar-refractivity contribution in [1.29, 1.82) is 0 Å². The molecule has 2 rings (SSSR count). The van der Waals surface area contributed by atoms with E-state index in [1.807, 2.05) is 0 Å². The van der Waals surface area contributed by atoms with E-state index in [9.17, 15) is 19.8 Å². The second-order valence-corrected chi connectivity index (χ2v) is 6.80. The van der Waals surface area contributed by atoms with Crippen molar-refractivity contribution in [2.24, 2.45) is 17.8 Å². The Morgan fingerprint density at radius 3 is 2.59 bits per heavy atom. The molecule has 0 aromatic carbocycles. The summed E-state index contributed by atoms with van der Waals surface area (Å²) in [5.74, 6) is -1.85. The Morgan fingerprint density at radius 1 is 1.41 bits per heavy atom. The number of carbonyl (C=O) groups excluding carboxylic acids is 1. The number of hydrogen-bond donors (Lipinski definition) is 2. The zero-order valence-electron chi connectivity index (χ0n) is 13.2. The van der Waals surface area contributed by atoms with Crippen LogP contribution in [-0.4, -0.2) is 33.9 Å². The van der Waals surface area contributed by atoms with Crippen LogP contribution in [0.3, 0.4) is 0 Å². The smallest absolute Gasteiger partial charge is 0.331 e. The summed E-state index contributed by atoms with van der Waals surface area (Å²) in [4.78, 5) is 22.5. The molecule has 0 amide bonds. The fraction of sp³-hybridized carbons (Fsp3) is 0.647. The standard InChI is InChI=1S/C17H24O5/c1-9-5-6-12(10(2)16(19)20)7-13-15(9)14(22-11(3)18)8-17(13,4)21/h12-15,21H,1-2,5-8H2,3-4H3,(H,19,20)/t12-,13-,14-,15-,17+/m0/s1. The van der Waals surface area contributed by atoms with Gasteiger partial charge >= 0.3 is 11.9 Å². The third-order valence-corrected chi connectivity index (χ3v) is 5.16. The monoisotopic (exact) mass is 308 g/mol. The Balaban J connectivity index is 2.29. The molecule has 122 valence electrons. The number of aliphatic carboxylic acids is 1. The molecule has 0 saturated heterocycles. The van der Waals surface area contributed by atoms with Gasteiger partial charge in [-0.15, -0.1) is 0 Å². The second kappa shape index (κ2) is 5.88. The minimum Gasteiger partial charge on any atom is -0.478 e. The van der Waals surface area contributed by atoms with E-state index in [2.05, 4.69) is 13.2 Å². The molecule has 0 bridgehead atoms. The topological polar surface area (TPSA) is 83.8 Å². The summed E-state index contributed by atoms with van der Waals surface area (Å²) in [6.45, 7) is 10.9. The number of carboxylic acids is 1. The minimum atomic E-state index is -1.00. The normalized spacial score (nSPS) is 38.0. The molecule has 5 nitrogen and oxygen atoms in total. The molecule has 0 aliphatic heterocycles. The van der Waals surface area contributed by atoms with Crippen molar-refractivity contribution < 1.29 is 24.5 Å². The third-order valence-electron chi connectivity index (χ3n) is 5.16. The molecule has 0 radical (unpaired) electrons. The van der Waals surface area contributed by atoms with Gasteiger partial charge in [-0.25, -0.2) is 4.79 Å². The predicted octanol–water partition coefficient (Wildman–Crippen LogP) is 2.30. The van der Waals surface area contributed by atoms with Crippen molar-refractivity contribution in [3.05, 3.63) is 24.3 Å². The molecule has 2 aliphatic carbocycles. The van der Waals surface area contributed by atoms with E-state index in [0.717, 1.165) is 5.57 Å². The molecule has 2 aliphatic rings. The van der Waals surface area contributed by atoms with E-state index in [1.54, 1.807) is 6.92 Å². The molecule has 2 N–H and O–H groups in total. The Kier molecular flexibility index (Phi) is 4.47. The van der Waals surface area contributed by atoms with E-state index >= 15 is 0 Å². The van der Waals surface area contributed by atoms with Crippen molar-refractivity contribution in [3.8, 4) is 0 Å². The first-order valence-corrected chi connectivity index (χ1v) is 7.63. The Bertz CT molecular complexity index is 519. The first kappa shape index (κ1) is 16.7. The lowest BCUT2D eigenvalue weighted by atomic mass is 9.78. The molecular weight excluding hydrogens is 284 g/mol. The van der Waals surface area contributed by atoms with Gasteiger partial charge in [-0.2, -0.15) is 0 Å². The number of aliphatic hydroxyl groups is 1. The van der Waals surface area contributed by atoms with Gasteiger partial charge in [-0.1, -0.05) is 18.7 Å². The molecule has 5 heteroatoms. The molecule has 0 spiro atoms. The quantitative estimate of drug-likeness (QED) is 0.475. The van der Waals surface area contributed by atoms with Crippen molar-refractivity contribution in [2.45, 2.75) is 51.2 Å². The van der Waals surface area contributed by atoms with Crippen molar-refractivity contribution >= 4 is 11.9 Å². The predicted molar refractivity (Wildman–Crippen MR) is 81.0 cm³/mol. The van der Waals surface area contributed by atoms with E-state index in [4.69, 9.17) is 4.74 Å². The molecule has 0 unspecified atom stereocenters. The van der Waals surface area contributed by atoms with Crippen LogP contribution in [0.15, 0.2) is 24.3 Å². The van der Waals surface area contributed by atoms with Crippen LogP contribution in [0.1, 0.15) is 39.5 Å². The SMILES string of the molecule is C=C(C(=O)O)[C@H]1CCC(=C)[C@@H]2[C@@H](OC(C)=O)C[C@@](C)(O)[C@H]2C1. The number of esters is 1. The maximum Gasteiger partial charge on any atom is 0.331 e. The highest BCUT2D eigenvalue weighted by molar-refractivity contribution is 5.86. The molecule has 2 fully saturated rings. The lowest BCUT2D eigenvalue weighted by Crippen LogP contribution is -2.33. The number of carbonyl (C=O) groups is 2. The average Bonchev–Trinajstić information content (AvgIpc) is 2.54. The Labute approximate surface area is 130 Å². The number of carboxylic acid groups (broad SMARTS) is 1. The first-order chi connectivity index (χ1) is 10.1. The molecular formula is C17H24O5. The largest absolute Gasteiger partial charge is 0.478 e. The van der Waals surface area contributed by atoms with E-state index in [1.165, 1.54) is 6.92 Å². The number of rotatable bonds is 3. The van der Waals surface area contributed by atoms with E-state index < -0.39 is 11.6 Å². The average molecular weight is 308 g/mol. The van der Waals surface area contributed by atoms with Crippen LogP contribution in [-0.2, 0) is 14.3 Å². The summed E-state index contributed by atoms with van der Waals surface area (Å²) in [5.41, 5.74) is 0.102. The van der Waals surface area contributed by atoms with E-state index in [0.29, 0.717) is 25.7 Å². The van der Waals surface area contributed by atoms with E-state index in [-0.39, 0.29) is 35.4 Å². The Morgan fingerprint density at radius 2 is 2.05 bits per heavy atom. The van der Waals surface area contributed by atoms with Gasteiger partial charge in [0, 0.05) is 24.8 Å². The van der Waals surface area contributed by atoms with Gasteiger partial charge in [-0.05, 0) is 38.0 Å². The number of fused-ring (bicyclic) bond motifs is 1. The highest BCUT2D eigenvalue weighted by Crippen LogP contribution is 2.52. The number of ether oxygens (including phenoxy) is 1. The van der Waals surface area contributed by atoms with Crippen LogP contribution in [0, 0.1) is 17.8 Å². The van der Waals surface area contributed by atoms with Gasteiger partial charge in [0.05, 0.1) is 5.60 Å².